The molecule has 0 radical (unpaired) electrons. The molecule has 0 unspecified atom stereocenters. The maximum atomic E-state index is 13.3. The van der Waals surface area contributed by atoms with Crippen molar-refractivity contribution in [1.82, 2.24) is 9.55 Å². The molecule has 0 atom stereocenters. The number of rotatable bonds is 1. The van der Waals surface area contributed by atoms with Crippen molar-refractivity contribution in [1.29, 1.82) is 0 Å². The summed E-state index contributed by atoms with van der Waals surface area (Å²) < 4.78 is 19.5. The molecular formula is C8H13FN2O. The van der Waals surface area contributed by atoms with Crippen molar-refractivity contribution in [2.45, 2.75) is 26.3 Å². The van der Waals surface area contributed by atoms with E-state index in [-0.39, 0.29) is 11.4 Å². The lowest BCUT2D eigenvalue weighted by Crippen LogP contribution is -2.22. The minimum atomic E-state index is -0.426. The van der Waals surface area contributed by atoms with Crippen LogP contribution in [0.15, 0.2) is 6.33 Å². The SMILES string of the molecule is COc1ncn(C(C)(C)C)c1F. The van der Waals surface area contributed by atoms with Gasteiger partial charge < -0.3 is 4.74 Å². The van der Waals surface area contributed by atoms with Crippen LogP contribution in [0.5, 0.6) is 5.88 Å². The van der Waals surface area contributed by atoms with E-state index >= 15 is 0 Å². The molecule has 0 fully saturated rings. The summed E-state index contributed by atoms with van der Waals surface area (Å²) in [7, 11) is 1.40. The summed E-state index contributed by atoms with van der Waals surface area (Å²) in [6, 6.07) is 0. The topological polar surface area (TPSA) is 27.1 Å². The van der Waals surface area contributed by atoms with Gasteiger partial charge in [-0.1, -0.05) is 0 Å². The molecule has 3 nitrogen and oxygen atoms in total. The summed E-state index contributed by atoms with van der Waals surface area (Å²) in [4.78, 5) is 3.77. The van der Waals surface area contributed by atoms with Gasteiger partial charge in [0.1, 0.15) is 6.33 Å². The van der Waals surface area contributed by atoms with Gasteiger partial charge in [-0.3, -0.25) is 4.57 Å². The highest BCUT2D eigenvalue weighted by molar-refractivity contribution is 5.08. The van der Waals surface area contributed by atoms with E-state index in [2.05, 4.69) is 4.98 Å². The fraction of sp³-hybridized carbons (Fsp3) is 0.625. The van der Waals surface area contributed by atoms with Gasteiger partial charge in [0.05, 0.1) is 7.11 Å². The Morgan fingerprint density at radius 2 is 2.08 bits per heavy atom. The molecule has 0 aliphatic rings. The first-order chi connectivity index (χ1) is 5.46. The predicted molar refractivity (Wildman–Crippen MR) is 43.7 cm³/mol. The third-order valence-corrected chi connectivity index (χ3v) is 1.59. The van der Waals surface area contributed by atoms with E-state index in [9.17, 15) is 4.39 Å². The first kappa shape index (κ1) is 9.03. The Kier molecular flexibility index (Phi) is 2.08. The quantitative estimate of drug-likeness (QED) is 0.645. The molecule has 0 saturated heterocycles. The highest BCUT2D eigenvalue weighted by atomic mass is 19.1. The third-order valence-electron chi connectivity index (χ3n) is 1.59. The van der Waals surface area contributed by atoms with Crippen LogP contribution in [0.3, 0.4) is 0 Å². The number of ether oxygens (including phenoxy) is 1. The van der Waals surface area contributed by atoms with E-state index in [0.717, 1.165) is 0 Å². The molecule has 1 aromatic rings. The van der Waals surface area contributed by atoms with Gasteiger partial charge >= 0.3 is 0 Å². The van der Waals surface area contributed by atoms with Crippen molar-refractivity contribution in [3.05, 3.63) is 12.3 Å². The van der Waals surface area contributed by atoms with Crippen molar-refractivity contribution in [2.24, 2.45) is 0 Å². The molecule has 4 heteroatoms. The molecule has 12 heavy (non-hydrogen) atoms. The third kappa shape index (κ3) is 1.42. The van der Waals surface area contributed by atoms with E-state index in [4.69, 9.17) is 4.74 Å². The lowest BCUT2D eigenvalue weighted by Gasteiger charge is -2.20. The van der Waals surface area contributed by atoms with Crippen LogP contribution >= 0.6 is 0 Å². The summed E-state index contributed by atoms with van der Waals surface area (Å²) in [5.74, 6) is -0.380. The number of hydrogen-bond acceptors (Lipinski definition) is 2. The minimum Gasteiger partial charge on any atom is -0.478 e. The molecule has 1 heterocycles. The van der Waals surface area contributed by atoms with Crippen LogP contribution in [-0.4, -0.2) is 16.7 Å². The van der Waals surface area contributed by atoms with Crippen molar-refractivity contribution >= 4 is 0 Å². The smallest absolute Gasteiger partial charge is 0.269 e. The molecule has 1 aromatic heterocycles. The number of nitrogens with zero attached hydrogens (tertiary/aromatic N) is 2. The van der Waals surface area contributed by atoms with Crippen LogP contribution in [0.4, 0.5) is 4.39 Å². The van der Waals surface area contributed by atoms with E-state index in [1.165, 1.54) is 18.0 Å². The maximum Gasteiger partial charge on any atom is 0.269 e. The van der Waals surface area contributed by atoms with Crippen molar-refractivity contribution in [3.63, 3.8) is 0 Å². The second-order valence-electron chi connectivity index (χ2n) is 3.59. The lowest BCUT2D eigenvalue weighted by atomic mass is 10.1. The number of imidazole rings is 1. The Balaban J connectivity index is 3.11. The van der Waals surface area contributed by atoms with Crippen LogP contribution in [0.1, 0.15) is 20.8 Å². The second-order valence-corrected chi connectivity index (χ2v) is 3.59. The fourth-order valence-electron chi connectivity index (χ4n) is 0.922. The van der Waals surface area contributed by atoms with E-state index in [1.54, 1.807) is 0 Å². The van der Waals surface area contributed by atoms with Gasteiger partial charge in [-0.15, -0.1) is 0 Å². The molecule has 0 aliphatic heterocycles. The number of methoxy groups -OCH3 is 1. The molecule has 0 aliphatic carbocycles. The molecule has 0 saturated carbocycles. The molecule has 0 spiro atoms. The molecule has 68 valence electrons. The molecular weight excluding hydrogens is 159 g/mol. The van der Waals surface area contributed by atoms with Crippen molar-refractivity contribution in [2.75, 3.05) is 7.11 Å². The van der Waals surface area contributed by atoms with Crippen molar-refractivity contribution < 1.29 is 9.13 Å². The zero-order valence-corrected chi connectivity index (χ0v) is 7.76. The van der Waals surface area contributed by atoms with E-state index in [0.29, 0.717) is 0 Å². The largest absolute Gasteiger partial charge is 0.478 e. The van der Waals surface area contributed by atoms with Crippen LogP contribution in [0, 0.1) is 5.95 Å². The zero-order valence-electron chi connectivity index (χ0n) is 7.76. The van der Waals surface area contributed by atoms with Gasteiger partial charge in [0.2, 0.25) is 0 Å². The molecule has 0 N–H and O–H groups in total. The summed E-state index contributed by atoms with van der Waals surface area (Å²) in [6.07, 6.45) is 1.44. The van der Waals surface area contributed by atoms with Gasteiger partial charge in [-0.25, -0.2) is 0 Å². The standard InChI is InChI=1S/C8H13FN2O/c1-8(2,3)11-5-10-7(12-4)6(11)9/h5H,1-4H3. The minimum absolute atomic E-state index is 0.0462. The molecule has 1 rings (SSSR count). The van der Waals surface area contributed by atoms with Crippen LogP contribution in [0.2, 0.25) is 0 Å². The Morgan fingerprint density at radius 1 is 1.50 bits per heavy atom. The normalized spacial score (nSPS) is 11.8. The molecule has 0 bridgehead atoms. The monoisotopic (exact) mass is 172 g/mol. The first-order valence-electron chi connectivity index (χ1n) is 3.74. The highest BCUT2D eigenvalue weighted by Gasteiger charge is 2.20. The van der Waals surface area contributed by atoms with Crippen LogP contribution in [-0.2, 0) is 5.54 Å². The van der Waals surface area contributed by atoms with Gasteiger partial charge in [-0.2, -0.15) is 9.37 Å². The van der Waals surface area contributed by atoms with Crippen LogP contribution < -0.4 is 4.74 Å². The van der Waals surface area contributed by atoms with Crippen LogP contribution in [0.25, 0.3) is 0 Å². The van der Waals surface area contributed by atoms with Gasteiger partial charge in [0.15, 0.2) is 0 Å². The Bertz CT molecular complexity index is 275. The Labute approximate surface area is 71.2 Å². The average molecular weight is 172 g/mol. The summed E-state index contributed by atoms with van der Waals surface area (Å²) >= 11 is 0. The lowest BCUT2D eigenvalue weighted by molar-refractivity contribution is 0.311. The summed E-state index contributed by atoms with van der Waals surface area (Å²) in [5, 5.41) is 0. The number of hydrogen-bond donors (Lipinski definition) is 0. The predicted octanol–water partition coefficient (Wildman–Crippen LogP) is 1.79. The highest BCUT2D eigenvalue weighted by Crippen LogP contribution is 2.21. The van der Waals surface area contributed by atoms with Gasteiger partial charge in [-0.05, 0) is 20.8 Å². The molecule has 0 aromatic carbocycles. The number of aromatic nitrogens is 2. The molecule has 0 amide bonds. The van der Waals surface area contributed by atoms with Gasteiger partial charge in [0, 0.05) is 5.54 Å². The van der Waals surface area contributed by atoms with Gasteiger partial charge in [0.25, 0.3) is 11.8 Å². The van der Waals surface area contributed by atoms with E-state index in [1.807, 2.05) is 20.8 Å². The summed E-state index contributed by atoms with van der Waals surface area (Å²) in [6.45, 7) is 5.70. The first-order valence-corrected chi connectivity index (χ1v) is 3.74. The van der Waals surface area contributed by atoms with E-state index < -0.39 is 5.95 Å². The Hall–Kier alpha value is -1.06. The maximum absolute atomic E-state index is 13.3. The van der Waals surface area contributed by atoms with Crippen molar-refractivity contribution in [3.8, 4) is 5.88 Å². The fourth-order valence-corrected chi connectivity index (χ4v) is 0.922. The summed E-state index contributed by atoms with van der Waals surface area (Å²) in [5.41, 5.74) is -0.298. The zero-order chi connectivity index (χ0) is 9.35. The average Bonchev–Trinajstić information content (AvgIpc) is 2.29. The number of halogens is 1. The second kappa shape index (κ2) is 2.77. The Morgan fingerprint density at radius 3 is 2.33 bits per heavy atom.